The summed E-state index contributed by atoms with van der Waals surface area (Å²) < 4.78 is 13.5. The SMILES string of the molecule is NCCCn1c2c(c3ccccc31)CCNC2c1ccc2c(c1)OCO2. The Balaban J connectivity index is 1.67. The van der Waals surface area contributed by atoms with Crippen LogP contribution in [0.25, 0.3) is 10.9 Å². The number of rotatable bonds is 4. The zero-order chi connectivity index (χ0) is 17.5. The fraction of sp³-hybridized carbons (Fsp3) is 0.333. The van der Waals surface area contributed by atoms with Gasteiger partial charge in [-0.1, -0.05) is 24.3 Å². The van der Waals surface area contributed by atoms with E-state index in [1.165, 1.54) is 27.7 Å². The molecular weight excluding hydrogens is 326 g/mol. The predicted octanol–water partition coefficient (Wildman–Crippen LogP) is 2.95. The van der Waals surface area contributed by atoms with Crippen molar-refractivity contribution in [2.75, 3.05) is 19.9 Å². The highest BCUT2D eigenvalue weighted by atomic mass is 16.7. The molecule has 0 spiro atoms. The largest absolute Gasteiger partial charge is 0.454 e. The van der Waals surface area contributed by atoms with Crippen molar-refractivity contribution in [1.29, 1.82) is 0 Å². The molecule has 134 valence electrons. The molecule has 26 heavy (non-hydrogen) atoms. The predicted molar refractivity (Wildman–Crippen MR) is 102 cm³/mol. The number of ether oxygens (including phenoxy) is 2. The second-order valence-corrected chi connectivity index (χ2v) is 6.92. The van der Waals surface area contributed by atoms with Gasteiger partial charge in [-0.05, 0) is 48.7 Å². The second kappa shape index (κ2) is 6.34. The highest BCUT2D eigenvalue weighted by molar-refractivity contribution is 5.86. The molecule has 5 heteroatoms. The fourth-order valence-corrected chi connectivity index (χ4v) is 4.28. The van der Waals surface area contributed by atoms with Gasteiger partial charge in [0.2, 0.25) is 6.79 Å². The van der Waals surface area contributed by atoms with Gasteiger partial charge in [-0.2, -0.15) is 0 Å². The van der Waals surface area contributed by atoms with Crippen LogP contribution in [0.3, 0.4) is 0 Å². The number of para-hydroxylation sites is 1. The van der Waals surface area contributed by atoms with Gasteiger partial charge >= 0.3 is 0 Å². The molecule has 3 aromatic rings. The Morgan fingerprint density at radius 3 is 2.92 bits per heavy atom. The summed E-state index contributed by atoms with van der Waals surface area (Å²) in [7, 11) is 0. The zero-order valence-corrected chi connectivity index (χ0v) is 14.7. The van der Waals surface area contributed by atoms with E-state index >= 15 is 0 Å². The molecule has 5 rings (SSSR count). The average molecular weight is 349 g/mol. The van der Waals surface area contributed by atoms with Crippen molar-refractivity contribution in [1.82, 2.24) is 9.88 Å². The normalized spacial score (nSPS) is 18.3. The minimum atomic E-state index is 0.151. The van der Waals surface area contributed by atoms with Gasteiger partial charge in [-0.25, -0.2) is 0 Å². The van der Waals surface area contributed by atoms with Gasteiger partial charge < -0.3 is 25.1 Å². The smallest absolute Gasteiger partial charge is 0.231 e. The molecular formula is C21H23N3O2. The first kappa shape index (κ1) is 15.7. The van der Waals surface area contributed by atoms with Crippen LogP contribution in [0.4, 0.5) is 0 Å². The molecule has 2 aliphatic rings. The first-order chi connectivity index (χ1) is 12.9. The Labute approximate surface area is 152 Å². The molecule has 0 saturated heterocycles. The summed E-state index contributed by atoms with van der Waals surface area (Å²) in [6.45, 7) is 2.91. The summed E-state index contributed by atoms with van der Waals surface area (Å²) in [5, 5.41) is 5.08. The first-order valence-corrected chi connectivity index (χ1v) is 9.30. The van der Waals surface area contributed by atoms with Crippen molar-refractivity contribution in [3.05, 3.63) is 59.3 Å². The van der Waals surface area contributed by atoms with E-state index in [4.69, 9.17) is 15.2 Å². The molecule has 0 amide bonds. The van der Waals surface area contributed by atoms with Crippen LogP contribution < -0.4 is 20.5 Å². The summed E-state index contributed by atoms with van der Waals surface area (Å²) >= 11 is 0. The highest BCUT2D eigenvalue weighted by Gasteiger charge is 2.29. The fourth-order valence-electron chi connectivity index (χ4n) is 4.28. The molecule has 0 radical (unpaired) electrons. The molecule has 3 N–H and O–H groups in total. The average Bonchev–Trinajstić information content (AvgIpc) is 3.28. The molecule has 5 nitrogen and oxygen atoms in total. The summed E-state index contributed by atoms with van der Waals surface area (Å²) in [6.07, 6.45) is 2.02. The Morgan fingerprint density at radius 2 is 2.00 bits per heavy atom. The number of benzene rings is 2. The minimum Gasteiger partial charge on any atom is -0.454 e. The van der Waals surface area contributed by atoms with Gasteiger partial charge in [0, 0.05) is 29.7 Å². The maximum atomic E-state index is 5.81. The van der Waals surface area contributed by atoms with Crippen molar-refractivity contribution in [3.63, 3.8) is 0 Å². The lowest BCUT2D eigenvalue weighted by atomic mass is 9.94. The lowest BCUT2D eigenvalue weighted by Gasteiger charge is -2.27. The van der Waals surface area contributed by atoms with E-state index in [0.717, 1.165) is 37.4 Å². The quantitative estimate of drug-likeness (QED) is 0.760. The van der Waals surface area contributed by atoms with E-state index in [9.17, 15) is 0 Å². The molecule has 0 saturated carbocycles. The van der Waals surface area contributed by atoms with Crippen LogP contribution in [0.5, 0.6) is 11.5 Å². The lowest BCUT2D eigenvalue weighted by Crippen LogP contribution is -2.32. The van der Waals surface area contributed by atoms with Gasteiger partial charge in [0.15, 0.2) is 11.5 Å². The first-order valence-electron chi connectivity index (χ1n) is 9.30. The van der Waals surface area contributed by atoms with Crippen molar-refractivity contribution < 1.29 is 9.47 Å². The number of aryl methyl sites for hydroxylation is 1. The van der Waals surface area contributed by atoms with Crippen LogP contribution in [-0.2, 0) is 13.0 Å². The molecule has 0 aliphatic carbocycles. The van der Waals surface area contributed by atoms with E-state index in [1.807, 2.05) is 6.07 Å². The van der Waals surface area contributed by atoms with Crippen LogP contribution in [0.2, 0.25) is 0 Å². The van der Waals surface area contributed by atoms with Gasteiger partial charge in [0.1, 0.15) is 0 Å². The van der Waals surface area contributed by atoms with Gasteiger partial charge in [-0.15, -0.1) is 0 Å². The third-order valence-electron chi connectivity index (χ3n) is 5.43. The molecule has 0 fully saturated rings. The third-order valence-corrected chi connectivity index (χ3v) is 5.43. The molecule has 2 aromatic carbocycles. The van der Waals surface area contributed by atoms with Crippen LogP contribution in [0.15, 0.2) is 42.5 Å². The number of nitrogens with one attached hydrogen (secondary N) is 1. The maximum Gasteiger partial charge on any atom is 0.231 e. The molecule has 1 unspecified atom stereocenters. The summed E-state index contributed by atoms with van der Waals surface area (Å²) in [4.78, 5) is 0. The van der Waals surface area contributed by atoms with E-state index in [0.29, 0.717) is 13.3 Å². The van der Waals surface area contributed by atoms with Crippen LogP contribution in [0, 0.1) is 0 Å². The molecule has 0 bridgehead atoms. The number of nitrogens with zero attached hydrogens (tertiary/aromatic N) is 1. The topological polar surface area (TPSA) is 61.4 Å². The Kier molecular flexibility index (Phi) is 3.84. The number of fused-ring (bicyclic) bond motifs is 4. The minimum absolute atomic E-state index is 0.151. The number of hydrogen-bond acceptors (Lipinski definition) is 4. The second-order valence-electron chi connectivity index (χ2n) is 6.92. The van der Waals surface area contributed by atoms with Gasteiger partial charge in [0.25, 0.3) is 0 Å². The van der Waals surface area contributed by atoms with Crippen LogP contribution in [0.1, 0.15) is 29.3 Å². The lowest BCUT2D eigenvalue weighted by molar-refractivity contribution is 0.174. The van der Waals surface area contributed by atoms with Gasteiger partial charge in [0.05, 0.1) is 6.04 Å². The molecule has 1 aromatic heterocycles. The Bertz CT molecular complexity index is 963. The third kappa shape index (κ3) is 2.39. The van der Waals surface area contributed by atoms with Crippen molar-refractivity contribution >= 4 is 10.9 Å². The molecule has 3 heterocycles. The Hall–Kier alpha value is -2.50. The summed E-state index contributed by atoms with van der Waals surface area (Å²) in [5.74, 6) is 1.66. The highest BCUT2D eigenvalue weighted by Crippen LogP contribution is 2.40. The standard InChI is InChI=1S/C21H23N3O2/c22-9-3-11-24-17-5-2-1-4-15(17)16-8-10-23-20(21(16)24)14-6-7-18-19(12-14)26-13-25-18/h1-2,4-7,12,20,23H,3,8-11,13,22H2. The number of aromatic nitrogens is 1. The summed E-state index contributed by atoms with van der Waals surface area (Å²) in [5.41, 5.74) is 11.2. The van der Waals surface area contributed by atoms with Crippen molar-refractivity contribution in [2.45, 2.75) is 25.4 Å². The number of nitrogens with two attached hydrogens (primary N) is 1. The number of hydrogen-bond donors (Lipinski definition) is 2. The maximum absolute atomic E-state index is 5.81. The summed E-state index contributed by atoms with van der Waals surface area (Å²) in [6, 6.07) is 15.1. The van der Waals surface area contributed by atoms with E-state index in [-0.39, 0.29) is 6.04 Å². The van der Waals surface area contributed by atoms with Crippen molar-refractivity contribution in [2.24, 2.45) is 5.73 Å². The van der Waals surface area contributed by atoms with Crippen LogP contribution in [-0.4, -0.2) is 24.4 Å². The zero-order valence-electron chi connectivity index (χ0n) is 14.7. The van der Waals surface area contributed by atoms with E-state index < -0.39 is 0 Å². The van der Waals surface area contributed by atoms with Crippen molar-refractivity contribution in [3.8, 4) is 11.5 Å². The van der Waals surface area contributed by atoms with Crippen LogP contribution >= 0.6 is 0 Å². The molecule has 2 aliphatic heterocycles. The monoisotopic (exact) mass is 349 g/mol. The van der Waals surface area contributed by atoms with E-state index in [1.54, 1.807) is 0 Å². The molecule has 1 atom stereocenters. The van der Waals surface area contributed by atoms with Gasteiger partial charge in [-0.3, -0.25) is 0 Å². The Morgan fingerprint density at radius 1 is 1.12 bits per heavy atom. The van der Waals surface area contributed by atoms with E-state index in [2.05, 4.69) is 46.3 Å².